The lowest BCUT2D eigenvalue weighted by Gasteiger charge is -2.33. The number of amides is 1. The zero-order chi connectivity index (χ0) is 20.8. The van der Waals surface area contributed by atoms with E-state index < -0.39 is 11.9 Å². The lowest BCUT2D eigenvalue weighted by Crippen LogP contribution is -2.41. The average molecular weight is 511 g/mol. The van der Waals surface area contributed by atoms with Crippen LogP contribution in [0.4, 0.5) is 15.8 Å². The van der Waals surface area contributed by atoms with E-state index in [1.807, 2.05) is 30.0 Å². The summed E-state index contributed by atoms with van der Waals surface area (Å²) in [7, 11) is 0. The SMILES string of the molecule is CCN(CCOc1cccnc1F)CCN1C(C(N)=O)=CNc2cc(I)ccc21. The molecule has 3 N–H and O–H groups in total. The molecule has 0 saturated heterocycles. The van der Waals surface area contributed by atoms with Crippen molar-refractivity contribution < 1.29 is 13.9 Å². The monoisotopic (exact) mass is 511 g/mol. The fraction of sp³-hybridized carbons (Fsp3) is 0.300. The largest absolute Gasteiger partial charge is 0.487 e. The van der Waals surface area contributed by atoms with Crippen molar-refractivity contribution in [3.8, 4) is 5.75 Å². The Labute approximate surface area is 182 Å². The molecular weight excluding hydrogens is 488 g/mol. The molecular formula is C20H23FIN5O2. The van der Waals surface area contributed by atoms with Gasteiger partial charge in [-0.25, -0.2) is 4.98 Å². The third kappa shape index (κ3) is 5.36. The van der Waals surface area contributed by atoms with Crippen molar-refractivity contribution >= 4 is 39.9 Å². The number of likely N-dealkylation sites (N-methyl/N-ethyl adjacent to an activating group) is 1. The number of anilines is 2. The number of nitrogens with zero attached hydrogens (tertiary/aromatic N) is 3. The number of nitrogens with one attached hydrogen (secondary N) is 1. The molecule has 9 heteroatoms. The van der Waals surface area contributed by atoms with E-state index in [1.165, 1.54) is 6.20 Å². The Morgan fingerprint density at radius 1 is 1.38 bits per heavy atom. The van der Waals surface area contributed by atoms with Gasteiger partial charge in [0.25, 0.3) is 11.9 Å². The molecule has 3 rings (SSSR count). The molecule has 0 fully saturated rings. The van der Waals surface area contributed by atoms with Crippen molar-refractivity contribution in [2.75, 3.05) is 43.0 Å². The van der Waals surface area contributed by atoms with Crippen LogP contribution in [0.5, 0.6) is 5.75 Å². The Kier molecular flexibility index (Phi) is 7.26. The van der Waals surface area contributed by atoms with E-state index in [-0.39, 0.29) is 5.75 Å². The second-order valence-corrected chi connectivity index (χ2v) is 7.67. The summed E-state index contributed by atoms with van der Waals surface area (Å²) in [6, 6.07) is 9.18. The molecule has 1 amide bonds. The fourth-order valence-corrected chi connectivity index (χ4v) is 3.58. The first-order valence-electron chi connectivity index (χ1n) is 9.29. The second-order valence-electron chi connectivity index (χ2n) is 6.43. The molecule has 1 aromatic heterocycles. The molecule has 29 heavy (non-hydrogen) atoms. The number of hydrogen-bond acceptors (Lipinski definition) is 6. The Morgan fingerprint density at radius 2 is 2.21 bits per heavy atom. The first-order chi connectivity index (χ1) is 14.0. The molecule has 0 bridgehead atoms. The topological polar surface area (TPSA) is 83.7 Å². The minimum absolute atomic E-state index is 0.146. The van der Waals surface area contributed by atoms with E-state index in [9.17, 15) is 9.18 Å². The number of carbonyl (C=O) groups excluding carboxylic acids is 1. The maximum atomic E-state index is 13.6. The molecule has 0 unspecified atom stereocenters. The van der Waals surface area contributed by atoms with Gasteiger partial charge in [0.2, 0.25) is 0 Å². The van der Waals surface area contributed by atoms with Crippen LogP contribution in [0.15, 0.2) is 48.4 Å². The van der Waals surface area contributed by atoms with Gasteiger partial charge < -0.3 is 20.7 Å². The van der Waals surface area contributed by atoms with Gasteiger partial charge in [-0.2, -0.15) is 4.39 Å². The molecule has 0 spiro atoms. The minimum atomic E-state index is -0.612. The first kappa shape index (κ1) is 21.3. The second kappa shape index (κ2) is 9.88. The van der Waals surface area contributed by atoms with E-state index in [1.54, 1.807) is 18.3 Å². The molecule has 7 nitrogen and oxygen atoms in total. The third-order valence-corrected chi connectivity index (χ3v) is 5.31. The summed E-state index contributed by atoms with van der Waals surface area (Å²) in [6.45, 7) is 5.06. The van der Waals surface area contributed by atoms with Gasteiger partial charge in [0.05, 0.1) is 11.4 Å². The number of halogens is 2. The van der Waals surface area contributed by atoms with Gasteiger partial charge in [-0.1, -0.05) is 6.92 Å². The van der Waals surface area contributed by atoms with Crippen molar-refractivity contribution in [3.63, 3.8) is 0 Å². The molecule has 0 saturated carbocycles. The Morgan fingerprint density at radius 3 is 2.93 bits per heavy atom. The van der Waals surface area contributed by atoms with E-state index in [0.717, 1.165) is 21.5 Å². The van der Waals surface area contributed by atoms with Crippen LogP contribution in [-0.4, -0.2) is 48.6 Å². The maximum Gasteiger partial charge on any atom is 0.266 e. The number of aromatic nitrogens is 1. The summed E-state index contributed by atoms with van der Waals surface area (Å²) < 4.78 is 20.2. The molecule has 154 valence electrons. The summed E-state index contributed by atoms with van der Waals surface area (Å²) in [5.41, 5.74) is 7.84. The number of ether oxygens (including phenoxy) is 1. The van der Waals surface area contributed by atoms with Crippen molar-refractivity contribution in [2.24, 2.45) is 5.73 Å². The van der Waals surface area contributed by atoms with Gasteiger partial charge in [0.1, 0.15) is 12.3 Å². The number of carbonyl (C=O) groups is 1. The van der Waals surface area contributed by atoms with E-state index in [0.29, 0.717) is 31.9 Å². The van der Waals surface area contributed by atoms with Crippen LogP contribution in [0.1, 0.15) is 6.92 Å². The highest BCUT2D eigenvalue weighted by atomic mass is 127. The predicted octanol–water partition coefficient (Wildman–Crippen LogP) is 2.78. The highest BCUT2D eigenvalue weighted by Crippen LogP contribution is 2.33. The summed E-state index contributed by atoms with van der Waals surface area (Å²) in [6.07, 6.45) is 3.03. The van der Waals surface area contributed by atoms with Gasteiger partial charge in [-0.15, -0.1) is 0 Å². The Balaban J connectivity index is 1.62. The molecule has 1 aliphatic heterocycles. The van der Waals surface area contributed by atoms with Crippen molar-refractivity contribution in [3.05, 3.63) is 57.9 Å². The van der Waals surface area contributed by atoms with Crippen molar-refractivity contribution in [1.29, 1.82) is 0 Å². The van der Waals surface area contributed by atoms with Gasteiger partial charge >= 0.3 is 0 Å². The number of nitrogens with two attached hydrogens (primary N) is 1. The van der Waals surface area contributed by atoms with Crippen LogP contribution in [0.3, 0.4) is 0 Å². The van der Waals surface area contributed by atoms with Crippen LogP contribution in [0.2, 0.25) is 0 Å². The lowest BCUT2D eigenvalue weighted by atomic mass is 10.1. The van der Waals surface area contributed by atoms with Crippen LogP contribution in [0.25, 0.3) is 0 Å². The highest BCUT2D eigenvalue weighted by Gasteiger charge is 2.24. The Hall–Kier alpha value is -2.40. The van der Waals surface area contributed by atoms with Gasteiger partial charge in [0.15, 0.2) is 5.75 Å². The maximum absolute atomic E-state index is 13.6. The zero-order valence-corrected chi connectivity index (χ0v) is 18.2. The normalized spacial score (nSPS) is 13.0. The molecule has 0 radical (unpaired) electrons. The van der Waals surface area contributed by atoms with E-state index in [4.69, 9.17) is 10.5 Å². The quantitative estimate of drug-likeness (QED) is 0.398. The molecule has 2 heterocycles. The minimum Gasteiger partial charge on any atom is -0.487 e. The number of hydrogen-bond donors (Lipinski definition) is 2. The standard InChI is InChI=1S/C20H23FIN5O2/c1-2-26(10-11-29-18-4-3-7-24-19(18)21)8-9-27-16-6-5-14(22)12-15(16)25-13-17(27)20(23)28/h3-7,12-13,25H,2,8-11H2,1H3,(H2,23,28). The van der Waals surface area contributed by atoms with Gasteiger partial charge in [-0.05, 0) is 59.5 Å². The van der Waals surface area contributed by atoms with Crippen molar-refractivity contribution in [1.82, 2.24) is 9.88 Å². The lowest BCUT2D eigenvalue weighted by molar-refractivity contribution is -0.114. The zero-order valence-electron chi connectivity index (χ0n) is 16.1. The molecule has 1 aromatic carbocycles. The molecule has 0 atom stereocenters. The molecule has 1 aliphatic rings. The summed E-state index contributed by atoms with van der Waals surface area (Å²) in [5, 5.41) is 3.14. The fourth-order valence-electron chi connectivity index (χ4n) is 3.09. The van der Waals surface area contributed by atoms with Crippen LogP contribution >= 0.6 is 22.6 Å². The van der Waals surface area contributed by atoms with Crippen LogP contribution in [-0.2, 0) is 4.79 Å². The first-order valence-corrected chi connectivity index (χ1v) is 10.4. The van der Waals surface area contributed by atoms with E-state index >= 15 is 0 Å². The number of rotatable bonds is 9. The molecule has 0 aliphatic carbocycles. The number of pyridine rings is 1. The van der Waals surface area contributed by atoms with Gasteiger partial charge in [-0.3, -0.25) is 9.69 Å². The number of benzene rings is 1. The highest BCUT2D eigenvalue weighted by molar-refractivity contribution is 14.1. The third-order valence-electron chi connectivity index (χ3n) is 4.63. The number of primary amides is 1. The van der Waals surface area contributed by atoms with Crippen molar-refractivity contribution in [2.45, 2.75) is 6.92 Å². The molecule has 2 aromatic rings. The number of fused-ring (bicyclic) bond motifs is 1. The van der Waals surface area contributed by atoms with Gasteiger partial charge in [0, 0.05) is 35.6 Å². The van der Waals surface area contributed by atoms with Crippen LogP contribution in [0, 0.1) is 9.52 Å². The average Bonchev–Trinajstić information content (AvgIpc) is 2.71. The van der Waals surface area contributed by atoms with Crippen LogP contribution < -0.4 is 20.7 Å². The summed E-state index contributed by atoms with van der Waals surface area (Å²) >= 11 is 2.25. The summed E-state index contributed by atoms with van der Waals surface area (Å²) in [4.78, 5) is 19.6. The Bertz CT molecular complexity index is 908. The summed E-state index contributed by atoms with van der Waals surface area (Å²) in [5.74, 6) is -0.952. The smallest absolute Gasteiger partial charge is 0.266 e. The van der Waals surface area contributed by atoms with E-state index in [2.05, 4.69) is 37.8 Å². The predicted molar refractivity (Wildman–Crippen MR) is 119 cm³/mol.